The zero-order valence-corrected chi connectivity index (χ0v) is 9.92. The van der Waals surface area contributed by atoms with E-state index >= 15 is 0 Å². The third-order valence-corrected chi connectivity index (χ3v) is 3.68. The molecule has 0 amide bonds. The first kappa shape index (κ1) is 10.9. The average molecular weight is 250 g/mol. The molecule has 1 aromatic heterocycles. The number of halogens is 1. The summed E-state index contributed by atoms with van der Waals surface area (Å²) < 4.78 is 16.5. The Balaban J connectivity index is 2.06. The van der Waals surface area contributed by atoms with Crippen LogP contribution in [-0.2, 0) is 10.8 Å². The lowest BCUT2D eigenvalue weighted by molar-refractivity contribution is 0.486. The first-order chi connectivity index (χ1) is 7.16. The van der Waals surface area contributed by atoms with Gasteiger partial charge < -0.3 is 9.32 Å². The number of anilines is 1. The van der Waals surface area contributed by atoms with Crippen LogP contribution in [0, 0.1) is 0 Å². The van der Waals surface area contributed by atoms with Crippen molar-refractivity contribution in [3.63, 3.8) is 0 Å². The van der Waals surface area contributed by atoms with Crippen LogP contribution in [-0.4, -0.2) is 39.0 Å². The second kappa shape index (κ2) is 4.49. The molecule has 0 bridgehead atoms. The van der Waals surface area contributed by atoms with Crippen molar-refractivity contribution in [2.45, 2.75) is 12.3 Å². The van der Waals surface area contributed by atoms with Crippen LogP contribution in [0.25, 0.3) is 0 Å². The fraction of sp³-hybridized carbons (Fsp3) is 0.750. The van der Waals surface area contributed by atoms with Gasteiger partial charge in [-0.2, -0.15) is 0 Å². The topological polar surface area (TPSA) is 59.2 Å². The average Bonchev–Trinajstić information content (AvgIpc) is 2.68. The van der Waals surface area contributed by atoms with Crippen molar-refractivity contribution in [1.82, 2.24) is 10.2 Å². The summed E-state index contributed by atoms with van der Waals surface area (Å²) in [5.74, 6) is 1.75. The molecule has 1 saturated heterocycles. The Morgan fingerprint density at radius 1 is 1.47 bits per heavy atom. The number of rotatable bonds is 2. The van der Waals surface area contributed by atoms with Gasteiger partial charge in [0.25, 0.3) is 0 Å². The lowest BCUT2D eigenvalue weighted by Gasteiger charge is -2.23. The van der Waals surface area contributed by atoms with Crippen molar-refractivity contribution < 1.29 is 8.63 Å². The third-order valence-electron chi connectivity index (χ3n) is 2.22. The second-order valence-electron chi connectivity index (χ2n) is 3.37. The molecule has 1 aromatic rings. The zero-order chi connectivity index (χ0) is 10.8. The van der Waals surface area contributed by atoms with Gasteiger partial charge in [-0.25, -0.2) is 0 Å². The fourth-order valence-electron chi connectivity index (χ4n) is 1.34. The predicted octanol–water partition coefficient (Wildman–Crippen LogP) is 0.938. The summed E-state index contributed by atoms with van der Waals surface area (Å²) in [5.41, 5.74) is 0. The minimum absolute atomic E-state index is 0.273. The van der Waals surface area contributed by atoms with Gasteiger partial charge in [0, 0.05) is 35.4 Å². The van der Waals surface area contributed by atoms with E-state index in [0.717, 1.165) is 0 Å². The molecule has 5 nitrogen and oxygen atoms in total. The summed E-state index contributed by atoms with van der Waals surface area (Å²) in [6.45, 7) is 3.18. The third kappa shape index (κ3) is 2.49. The van der Waals surface area contributed by atoms with Crippen LogP contribution in [0.3, 0.4) is 0 Å². The van der Waals surface area contributed by atoms with Crippen LogP contribution in [0.5, 0.6) is 0 Å². The Bertz CT molecular complexity index is 359. The van der Waals surface area contributed by atoms with Crippen LogP contribution in [0.1, 0.15) is 18.2 Å². The SMILES string of the molecule is CC(Cl)c1nnc(N2CCS(=O)CC2)o1. The summed E-state index contributed by atoms with van der Waals surface area (Å²) in [5, 5.41) is 7.48. The van der Waals surface area contributed by atoms with Crippen LogP contribution in [0.4, 0.5) is 6.01 Å². The van der Waals surface area contributed by atoms with Crippen LogP contribution < -0.4 is 4.90 Å². The molecule has 1 fully saturated rings. The van der Waals surface area contributed by atoms with Gasteiger partial charge in [0.15, 0.2) is 0 Å². The van der Waals surface area contributed by atoms with Gasteiger partial charge >= 0.3 is 6.01 Å². The molecule has 0 radical (unpaired) electrons. The van der Waals surface area contributed by atoms with Crippen molar-refractivity contribution >= 4 is 28.4 Å². The molecule has 0 N–H and O–H groups in total. The lowest BCUT2D eigenvalue weighted by Crippen LogP contribution is -2.37. The molecule has 0 aromatic carbocycles. The highest BCUT2D eigenvalue weighted by Crippen LogP contribution is 2.22. The maximum Gasteiger partial charge on any atom is 0.318 e. The molecule has 1 aliphatic rings. The monoisotopic (exact) mass is 249 g/mol. The number of aromatic nitrogens is 2. The quantitative estimate of drug-likeness (QED) is 0.730. The van der Waals surface area contributed by atoms with E-state index in [1.165, 1.54) is 0 Å². The Morgan fingerprint density at radius 3 is 2.67 bits per heavy atom. The van der Waals surface area contributed by atoms with Crippen LogP contribution in [0.2, 0.25) is 0 Å². The number of hydrogen-bond donors (Lipinski definition) is 0. The summed E-state index contributed by atoms with van der Waals surface area (Å²) >= 11 is 5.82. The van der Waals surface area contributed by atoms with E-state index in [2.05, 4.69) is 10.2 Å². The second-order valence-corrected chi connectivity index (χ2v) is 5.72. The molecule has 1 aliphatic heterocycles. The van der Waals surface area contributed by atoms with Gasteiger partial charge in [0.1, 0.15) is 5.38 Å². The largest absolute Gasteiger partial charge is 0.406 e. The normalized spacial score (nSPS) is 20.5. The molecule has 2 heterocycles. The van der Waals surface area contributed by atoms with Crippen LogP contribution in [0.15, 0.2) is 4.42 Å². The highest BCUT2D eigenvalue weighted by Gasteiger charge is 2.21. The molecular weight excluding hydrogens is 238 g/mol. The van der Waals surface area contributed by atoms with Crippen LogP contribution >= 0.6 is 11.6 Å². The lowest BCUT2D eigenvalue weighted by atomic mass is 10.5. The van der Waals surface area contributed by atoms with Gasteiger partial charge in [-0.05, 0) is 6.92 Å². The molecule has 7 heteroatoms. The smallest absolute Gasteiger partial charge is 0.318 e. The predicted molar refractivity (Wildman–Crippen MR) is 58.7 cm³/mol. The Hall–Kier alpha value is -0.620. The van der Waals surface area contributed by atoms with E-state index in [1.54, 1.807) is 6.92 Å². The summed E-state index contributed by atoms with van der Waals surface area (Å²) in [7, 11) is -0.694. The summed E-state index contributed by atoms with van der Waals surface area (Å²) in [6, 6.07) is 0.481. The summed E-state index contributed by atoms with van der Waals surface area (Å²) in [6.07, 6.45) is 0. The van der Waals surface area contributed by atoms with E-state index in [4.69, 9.17) is 16.0 Å². The maximum absolute atomic E-state index is 11.2. The fourth-order valence-corrected chi connectivity index (χ4v) is 2.48. The molecule has 84 valence electrons. The van der Waals surface area contributed by atoms with Gasteiger partial charge in [-0.1, -0.05) is 5.10 Å². The van der Waals surface area contributed by atoms with E-state index in [-0.39, 0.29) is 5.38 Å². The molecule has 2 rings (SSSR count). The summed E-state index contributed by atoms with van der Waals surface area (Å²) in [4.78, 5) is 1.94. The number of nitrogens with zero attached hydrogens (tertiary/aromatic N) is 3. The van der Waals surface area contributed by atoms with E-state index in [0.29, 0.717) is 36.5 Å². The standard InChI is InChI=1S/C8H12ClN3O2S/c1-6(9)7-10-11-8(14-7)12-2-4-15(13)5-3-12/h6H,2-5H2,1H3. The molecule has 1 unspecified atom stereocenters. The number of alkyl halides is 1. The first-order valence-electron chi connectivity index (χ1n) is 4.74. The van der Waals surface area contributed by atoms with Crippen molar-refractivity contribution in [2.75, 3.05) is 29.5 Å². The Kier molecular flexibility index (Phi) is 3.25. The van der Waals surface area contributed by atoms with Crippen molar-refractivity contribution in [3.8, 4) is 0 Å². The highest BCUT2D eigenvalue weighted by molar-refractivity contribution is 7.85. The zero-order valence-electron chi connectivity index (χ0n) is 8.35. The number of hydrogen-bond acceptors (Lipinski definition) is 5. The highest BCUT2D eigenvalue weighted by atomic mass is 35.5. The molecule has 15 heavy (non-hydrogen) atoms. The minimum atomic E-state index is -0.694. The van der Waals surface area contributed by atoms with Crippen molar-refractivity contribution in [1.29, 1.82) is 0 Å². The maximum atomic E-state index is 11.2. The molecule has 1 atom stereocenters. The molecule has 0 spiro atoms. The minimum Gasteiger partial charge on any atom is -0.406 e. The van der Waals surface area contributed by atoms with E-state index < -0.39 is 10.8 Å². The van der Waals surface area contributed by atoms with E-state index in [1.807, 2.05) is 4.90 Å². The Labute approximate surface area is 95.3 Å². The molecule has 0 saturated carbocycles. The van der Waals surface area contributed by atoms with Gasteiger partial charge in [0.2, 0.25) is 5.89 Å². The van der Waals surface area contributed by atoms with Gasteiger partial charge in [-0.15, -0.1) is 16.7 Å². The van der Waals surface area contributed by atoms with Crippen molar-refractivity contribution in [2.24, 2.45) is 0 Å². The van der Waals surface area contributed by atoms with Gasteiger partial charge in [-0.3, -0.25) is 4.21 Å². The first-order valence-corrected chi connectivity index (χ1v) is 6.66. The Morgan fingerprint density at radius 2 is 2.13 bits per heavy atom. The van der Waals surface area contributed by atoms with E-state index in [9.17, 15) is 4.21 Å². The molecular formula is C8H12ClN3O2S. The molecule has 0 aliphatic carbocycles. The van der Waals surface area contributed by atoms with Gasteiger partial charge in [0.05, 0.1) is 0 Å². The van der Waals surface area contributed by atoms with Crippen molar-refractivity contribution in [3.05, 3.63) is 5.89 Å².